The third-order valence-corrected chi connectivity index (χ3v) is 1.50. The van der Waals surface area contributed by atoms with E-state index < -0.39 is 11.9 Å². The summed E-state index contributed by atoms with van der Waals surface area (Å²) < 4.78 is 12.4. The zero-order valence-corrected chi connectivity index (χ0v) is 6.54. The minimum atomic E-state index is -0.938. The molecule has 0 amide bonds. The molecule has 1 rings (SSSR count). The first-order valence-electron chi connectivity index (χ1n) is 3.43. The van der Waals surface area contributed by atoms with Gasteiger partial charge >= 0.3 is 5.97 Å². The number of rotatable bonds is 2. The van der Waals surface area contributed by atoms with E-state index in [0.717, 1.165) is 6.07 Å². The maximum absolute atomic E-state index is 12.4. The molecule has 0 radical (unpaired) electrons. The van der Waals surface area contributed by atoms with E-state index in [1.54, 1.807) is 6.92 Å². The lowest BCUT2D eigenvalue weighted by atomic mass is 10.1. The largest absolute Gasteiger partial charge is 0.481 e. The van der Waals surface area contributed by atoms with Crippen molar-refractivity contribution in [2.24, 2.45) is 0 Å². The number of pyridine rings is 1. The first kappa shape index (κ1) is 8.64. The van der Waals surface area contributed by atoms with Gasteiger partial charge in [0.1, 0.15) is 0 Å². The van der Waals surface area contributed by atoms with E-state index in [1.165, 1.54) is 6.07 Å². The maximum Gasteiger partial charge on any atom is 0.307 e. The van der Waals surface area contributed by atoms with Crippen molar-refractivity contribution in [1.82, 2.24) is 4.98 Å². The Morgan fingerprint density at radius 3 is 2.83 bits per heavy atom. The summed E-state index contributed by atoms with van der Waals surface area (Å²) in [5, 5.41) is 8.44. The quantitative estimate of drug-likeness (QED) is 0.676. The number of hydrogen-bond donors (Lipinski definition) is 1. The fourth-order valence-corrected chi connectivity index (χ4v) is 0.909. The van der Waals surface area contributed by atoms with Gasteiger partial charge in [-0.15, -0.1) is 0 Å². The van der Waals surface area contributed by atoms with Crippen molar-refractivity contribution in [1.29, 1.82) is 0 Å². The highest BCUT2D eigenvalue weighted by atomic mass is 19.1. The number of carbonyl (C=O) groups is 1. The van der Waals surface area contributed by atoms with E-state index in [2.05, 4.69) is 4.98 Å². The summed E-state index contributed by atoms with van der Waals surface area (Å²) >= 11 is 0. The second-order valence-corrected chi connectivity index (χ2v) is 2.45. The van der Waals surface area contributed by atoms with Crippen molar-refractivity contribution in [2.75, 3.05) is 0 Å². The molecule has 0 aliphatic heterocycles. The van der Waals surface area contributed by atoms with Crippen molar-refractivity contribution in [2.45, 2.75) is 13.3 Å². The first-order valence-corrected chi connectivity index (χ1v) is 3.43. The number of carboxylic acid groups (broad SMARTS) is 1. The lowest BCUT2D eigenvalue weighted by molar-refractivity contribution is -0.136. The summed E-state index contributed by atoms with van der Waals surface area (Å²) in [6.07, 6.45) is -0.112. The molecule has 1 N–H and O–H groups in total. The zero-order chi connectivity index (χ0) is 9.14. The van der Waals surface area contributed by atoms with Crippen LogP contribution in [0, 0.1) is 12.9 Å². The Morgan fingerprint density at radius 1 is 1.67 bits per heavy atom. The van der Waals surface area contributed by atoms with Crippen LogP contribution in [0.1, 0.15) is 11.3 Å². The molecule has 1 aromatic rings. The van der Waals surface area contributed by atoms with Gasteiger partial charge < -0.3 is 5.11 Å². The number of hydrogen-bond acceptors (Lipinski definition) is 2. The molecule has 0 fully saturated rings. The molecule has 0 bridgehead atoms. The summed E-state index contributed by atoms with van der Waals surface area (Å²) in [6.45, 7) is 1.58. The number of aryl methyl sites for hydroxylation is 1. The van der Waals surface area contributed by atoms with Gasteiger partial charge in [-0.25, -0.2) is 4.98 Å². The molecule has 1 heterocycles. The lowest BCUT2D eigenvalue weighted by Crippen LogP contribution is -2.03. The van der Waals surface area contributed by atoms with Crippen molar-refractivity contribution in [3.05, 3.63) is 29.3 Å². The first-order chi connectivity index (χ1) is 5.59. The molecule has 0 saturated heterocycles. The van der Waals surface area contributed by atoms with Gasteiger partial charge in [0.05, 0.1) is 6.42 Å². The van der Waals surface area contributed by atoms with E-state index in [9.17, 15) is 9.18 Å². The van der Waals surface area contributed by atoms with Gasteiger partial charge in [0.25, 0.3) is 0 Å². The molecule has 12 heavy (non-hydrogen) atoms. The minimum absolute atomic E-state index is 0.112. The van der Waals surface area contributed by atoms with Crippen LogP contribution in [0.15, 0.2) is 12.1 Å². The standard InChI is InChI=1S/C8H8FNO2/c1-5-6(4-8(11)12)2-3-7(9)10-5/h2-3H,4H2,1H3,(H,11,12). The summed E-state index contributed by atoms with van der Waals surface area (Å²) in [4.78, 5) is 13.8. The van der Waals surface area contributed by atoms with Gasteiger partial charge in [-0.3, -0.25) is 4.79 Å². The zero-order valence-electron chi connectivity index (χ0n) is 6.54. The Bertz CT molecular complexity index is 312. The van der Waals surface area contributed by atoms with E-state index in [-0.39, 0.29) is 6.42 Å². The van der Waals surface area contributed by atoms with E-state index >= 15 is 0 Å². The van der Waals surface area contributed by atoms with Gasteiger partial charge in [-0.2, -0.15) is 4.39 Å². The Balaban J connectivity index is 2.93. The van der Waals surface area contributed by atoms with E-state index in [1.807, 2.05) is 0 Å². The van der Waals surface area contributed by atoms with Gasteiger partial charge in [-0.1, -0.05) is 6.07 Å². The molecular formula is C8H8FNO2. The topological polar surface area (TPSA) is 50.2 Å². The number of nitrogens with zero attached hydrogens (tertiary/aromatic N) is 1. The van der Waals surface area contributed by atoms with E-state index in [4.69, 9.17) is 5.11 Å². The van der Waals surface area contributed by atoms with Crippen molar-refractivity contribution in [3.8, 4) is 0 Å². The molecule has 0 saturated carbocycles. The average Bonchev–Trinajstić information content (AvgIpc) is 1.94. The Labute approximate surface area is 68.9 Å². The molecule has 1 aromatic heterocycles. The summed E-state index contributed by atoms with van der Waals surface area (Å²) in [6, 6.07) is 2.59. The van der Waals surface area contributed by atoms with Crippen LogP contribution in [-0.2, 0) is 11.2 Å². The molecule has 0 aromatic carbocycles. The number of aromatic nitrogens is 1. The highest BCUT2D eigenvalue weighted by Crippen LogP contribution is 2.06. The number of carboxylic acids is 1. The van der Waals surface area contributed by atoms with Crippen LogP contribution >= 0.6 is 0 Å². The Hall–Kier alpha value is -1.45. The molecule has 0 aliphatic carbocycles. The highest BCUT2D eigenvalue weighted by Gasteiger charge is 2.05. The predicted octanol–water partition coefficient (Wildman–Crippen LogP) is 1.16. The maximum atomic E-state index is 12.4. The van der Waals surface area contributed by atoms with Crippen molar-refractivity contribution < 1.29 is 14.3 Å². The minimum Gasteiger partial charge on any atom is -0.481 e. The number of aliphatic carboxylic acids is 1. The Morgan fingerprint density at radius 2 is 2.33 bits per heavy atom. The van der Waals surface area contributed by atoms with Crippen LogP contribution in [0.5, 0.6) is 0 Å². The van der Waals surface area contributed by atoms with Crippen LogP contribution in [0.4, 0.5) is 4.39 Å². The normalized spacial score (nSPS) is 9.83. The van der Waals surface area contributed by atoms with Crippen molar-refractivity contribution in [3.63, 3.8) is 0 Å². The summed E-state index contributed by atoms with van der Waals surface area (Å²) in [5.41, 5.74) is 0.973. The molecule has 0 aliphatic rings. The highest BCUT2D eigenvalue weighted by molar-refractivity contribution is 5.70. The third kappa shape index (κ3) is 2.02. The SMILES string of the molecule is Cc1nc(F)ccc1CC(=O)O. The molecule has 3 nitrogen and oxygen atoms in total. The molecular weight excluding hydrogens is 161 g/mol. The van der Waals surface area contributed by atoms with Crippen LogP contribution in [0.3, 0.4) is 0 Å². The number of halogens is 1. The van der Waals surface area contributed by atoms with Gasteiger partial charge in [0.15, 0.2) is 0 Å². The Kier molecular flexibility index (Phi) is 2.38. The summed E-state index contributed by atoms with van der Waals surface area (Å²) in [7, 11) is 0. The smallest absolute Gasteiger partial charge is 0.307 e. The van der Waals surface area contributed by atoms with Gasteiger partial charge in [-0.05, 0) is 18.6 Å². The van der Waals surface area contributed by atoms with Gasteiger partial charge in [0, 0.05) is 5.69 Å². The second kappa shape index (κ2) is 3.30. The predicted molar refractivity (Wildman–Crippen MR) is 40.3 cm³/mol. The third-order valence-electron chi connectivity index (χ3n) is 1.50. The molecule has 4 heteroatoms. The van der Waals surface area contributed by atoms with Crippen molar-refractivity contribution >= 4 is 5.97 Å². The van der Waals surface area contributed by atoms with Crippen LogP contribution in [-0.4, -0.2) is 16.1 Å². The molecule has 0 atom stereocenters. The van der Waals surface area contributed by atoms with Crippen LogP contribution < -0.4 is 0 Å². The van der Waals surface area contributed by atoms with Crippen LogP contribution in [0.2, 0.25) is 0 Å². The fraction of sp³-hybridized carbons (Fsp3) is 0.250. The average molecular weight is 169 g/mol. The second-order valence-electron chi connectivity index (χ2n) is 2.45. The monoisotopic (exact) mass is 169 g/mol. The molecule has 64 valence electrons. The summed E-state index contributed by atoms with van der Waals surface area (Å²) in [5.74, 6) is -1.52. The van der Waals surface area contributed by atoms with Crippen LogP contribution in [0.25, 0.3) is 0 Å². The fourth-order valence-electron chi connectivity index (χ4n) is 0.909. The molecule has 0 unspecified atom stereocenters. The lowest BCUT2D eigenvalue weighted by Gasteiger charge is -2.00. The molecule has 0 spiro atoms. The van der Waals surface area contributed by atoms with E-state index in [0.29, 0.717) is 11.3 Å². The van der Waals surface area contributed by atoms with Gasteiger partial charge in [0.2, 0.25) is 5.95 Å².